The highest BCUT2D eigenvalue weighted by molar-refractivity contribution is 6.36. The Bertz CT molecular complexity index is 694. The molecule has 0 saturated carbocycles. The smallest absolute Gasteiger partial charge is 0.187 e. The van der Waals surface area contributed by atoms with Crippen LogP contribution in [0.5, 0.6) is 5.75 Å². The Morgan fingerprint density at radius 1 is 1.05 bits per heavy atom. The molecule has 2 aromatic carbocycles. The summed E-state index contributed by atoms with van der Waals surface area (Å²) in [6, 6.07) is 9.66. The summed E-state index contributed by atoms with van der Waals surface area (Å²) in [5, 5.41) is 10.7. The van der Waals surface area contributed by atoms with Gasteiger partial charge in [0.2, 0.25) is 0 Å². The molecule has 0 amide bonds. The first kappa shape index (κ1) is 14.9. The van der Waals surface area contributed by atoms with E-state index in [4.69, 9.17) is 34.8 Å². The molecule has 20 heavy (non-hydrogen) atoms. The lowest BCUT2D eigenvalue weighted by molar-refractivity contribution is 0.104. The first-order valence-electron chi connectivity index (χ1n) is 5.64. The van der Waals surface area contributed by atoms with E-state index < -0.39 is 0 Å². The zero-order chi connectivity index (χ0) is 14.7. The Morgan fingerprint density at radius 2 is 1.75 bits per heavy atom. The van der Waals surface area contributed by atoms with Crippen molar-refractivity contribution < 1.29 is 9.90 Å². The van der Waals surface area contributed by atoms with Gasteiger partial charge >= 0.3 is 0 Å². The number of allylic oxidation sites excluding steroid dienone is 1. The van der Waals surface area contributed by atoms with Gasteiger partial charge in [-0.2, -0.15) is 0 Å². The second-order valence-electron chi connectivity index (χ2n) is 4.00. The molecule has 0 spiro atoms. The van der Waals surface area contributed by atoms with Gasteiger partial charge in [0.1, 0.15) is 5.75 Å². The summed E-state index contributed by atoms with van der Waals surface area (Å²) in [6.45, 7) is 0. The normalized spacial score (nSPS) is 10.9. The summed E-state index contributed by atoms with van der Waals surface area (Å²) < 4.78 is 0. The van der Waals surface area contributed by atoms with E-state index in [-0.39, 0.29) is 16.6 Å². The number of halogens is 3. The van der Waals surface area contributed by atoms with Gasteiger partial charge in [-0.3, -0.25) is 4.79 Å². The number of phenols is 1. The lowest BCUT2D eigenvalue weighted by Crippen LogP contribution is -1.94. The minimum Gasteiger partial charge on any atom is -0.506 e. The van der Waals surface area contributed by atoms with E-state index in [9.17, 15) is 9.90 Å². The maximum Gasteiger partial charge on any atom is 0.187 e. The number of benzene rings is 2. The van der Waals surface area contributed by atoms with E-state index in [0.29, 0.717) is 21.2 Å². The predicted molar refractivity (Wildman–Crippen MR) is 82.9 cm³/mol. The molecule has 0 saturated heterocycles. The Hall–Kier alpha value is -1.48. The monoisotopic (exact) mass is 326 g/mol. The van der Waals surface area contributed by atoms with E-state index in [0.717, 1.165) is 0 Å². The van der Waals surface area contributed by atoms with Crippen LogP contribution in [0.4, 0.5) is 0 Å². The van der Waals surface area contributed by atoms with Crippen molar-refractivity contribution in [3.8, 4) is 5.75 Å². The van der Waals surface area contributed by atoms with Crippen LogP contribution in [0.25, 0.3) is 6.08 Å². The van der Waals surface area contributed by atoms with Gasteiger partial charge in [0.15, 0.2) is 5.78 Å². The van der Waals surface area contributed by atoms with Crippen molar-refractivity contribution in [2.75, 3.05) is 0 Å². The molecule has 0 atom stereocenters. The standard InChI is InChI=1S/C15H9Cl3O2/c16-10-7-9(15(20)13(18)8-10)5-6-14(19)11-3-1-2-4-12(11)17/h1-8,20H/b6-5+. The third kappa shape index (κ3) is 3.34. The van der Waals surface area contributed by atoms with Crippen LogP contribution in [-0.4, -0.2) is 10.9 Å². The van der Waals surface area contributed by atoms with Crippen molar-refractivity contribution in [2.24, 2.45) is 0 Å². The maximum atomic E-state index is 12.0. The fourth-order valence-corrected chi connectivity index (χ4v) is 2.37. The summed E-state index contributed by atoms with van der Waals surface area (Å²) in [5.74, 6) is -0.398. The number of rotatable bonds is 3. The molecular weight excluding hydrogens is 319 g/mol. The van der Waals surface area contributed by atoms with E-state index in [1.54, 1.807) is 24.3 Å². The molecule has 5 heteroatoms. The number of ketones is 1. The van der Waals surface area contributed by atoms with Gasteiger partial charge in [-0.1, -0.05) is 46.9 Å². The third-order valence-electron chi connectivity index (χ3n) is 2.61. The van der Waals surface area contributed by atoms with Crippen LogP contribution in [0.1, 0.15) is 15.9 Å². The van der Waals surface area contributed by atoms with Gasteiger partial charge in [-0.15, -0.1) is 0 Å². The second kappa shape index (κ2) is 6.31. The highest BCUT2D eigenvalue weighted by atomic mass is 35.5. The van der Waals surface area contributed by atoms with E-state index in [1.165, 1.54) is 24.3 Å². The van der Waals surface area contributed by atoms with Gasteiger partial charge in [-0.25, -0.2) is 0 Å². The fourth-order valence-electron chi connectivity index (χ4n) is 1.63. The van der Waals surface area contributed by atoms with Gasteiger partial charge in [0.25, 0.3) is 0 Å². The summed E-state index contributed by atoms with van der Waals surface area (Å²) in [6.07, 6.45) is 2.75. The van der Waals surface area contributed by atoms with Crippen LogP contribution in [0, 0.1) is 0 Å². The molecule has 0 aliphatic heterocycles. The molecule has 0 heterocycles. The van der Waals surface area contributed by atoms with E-state index in [1.807, 2.05) is 0 Å². The van der Waals surface area contributed by atoms with Crippen molar-refractivity contribution in [3.05, 3.63) is 68.7 Å². The number of hydrogen-bond acceptors (Lipinski definition) is 2. The molecule has 102 valence electrons. The van der Waals surface area contributed by atoms with E-state index in [2.05, 4.69) is 0 Å². The van der Waals surface area contributed by atoms with Crippen molar-refractivity contribution in [3.63, 3.8) is 0 Å². The highest BCUT2D eigenvalue weighted by Crippen LogP contribution is 2.32. The first-order valence-corrected chi connectivity index (χ1v) is 6.77. The van der Waals surface area contributed by atoms with Crippen molar-refractivity contribution in [1.82, 2.24) is 0 Å². The summed E-state index contributed by atoms with van der Waals surface area (Å²) in [4.78, 5) is 12.0. The van der Waals surface area contributed by atoms with Crippen molar-refractivity contribution in [2.45, 2.75) is 0 Å². The Morgan fingerprint density at radius 3 is 2.45 bits per heavy atom. The lowest BCUT2D eigenvalue weighted by Gasteiger charge is -2.03. The molecule has 0 bridgehead atoms. The number of carbonyl (C=O) groups is 1. The van der Waals surface area contributed by atoms with Crippen LogP contribution >= 0.6 is 34.8 Å². The van der Waals surface area contributed by atoms with Crippen LogP contribution in [0.15, 0.2) is 42.5 Å². The Kier molecular flexibility index (Phi) is 4.71. The minimum absolute atomic E-state index is 0.126. The van der Waals surface area contributed by atoms with Crippen LogP contribution in [-0.2, 0) is 0 Å². The van der Waals surface area contributed by atoms with Gasteiger partial charge in [0.05, 0.1) is 10.0 Å². The molecule has 0 aromatic heterocycles. The van der Waals surface area contributed by atoms with E-state index >= 15 is 0 Å². The largest absolute Gasteiger partial charge is 0.506 e. The molecule has 0 aliphatic rings. The zero-order valence-electron chi connectivity index (χ0n) is 10.1. The van der Waals surface area contributed by atoms with Crippen LogP contribution in [0.2, 0.25) is 15.1 Å². The third-order valence-corrected chi connectivity index (χ3v) is 3.45. The van der Waals surface area contributed by atoms with Gasteiger partial charge in [-0.05, 0) is 36.4 Å². The zero-order valence-corrected chi connectivity index (χ0v) is 12.4. The quantitative estimate of drug-likeness (QED) is 0.617. The highest BCUT2D eigenvalue weighted by Gasteiger charge is 2.08. The van der Waals surface area contributed by atoms with Crippen molar-refractivity contribution >= 4 is 46.7 Å². The van der Waals surface area contributed by atoms with Gasteiger partial charge < -0.3 is 5.11 Å². The predicted octanol–water partition coefficient (Wildman–Crippen LogP) is 5.25. The average Bonchev–Trinajstić information content (AvgIpc) is 2.41. The Labute approximate surface area is 131 Å². The number of hydrogen-bond donors (Lipinski definition) is 1. The van der Waals surface area contributed by atoms with Crippen molar-refractivity contribution in [1.29, 1.82) is 0 Å². The van der Waals surface area contributed by atoms with Gasteiger partial charge in [0, 0.05) is 16.1 Å². The Balaban J connectivity index is 2.31. The lowest BCUT2D eigenvalue weighted by atomic mass is 10.1. The SMILES string of the molecule is O=C(/C=C/c1cc(Cl)cc(Cl)c1O)c1ccccc1Cl. The average molecular weight is 328 g/mol. The summed E-state index contributed by atoms with van der Waals surface area (Å²) in [5.41, 5.74) is 0.751. The molecular formula is C15H9Cl3O2. The number of carbonyl (C=O) groups excluding carboxylic acids is 1. The molecule has 0 fully saturated rings. The molecule has 2 aromatic rings. The summed E-state index contributed by atoms with van der Waals surface area (Å²) >= 11 is 17.6. The molecule has 0 aliphatic carbocycles. The number of aromatic hydroxyl groups is 1. The van der Waals surface area contributed by atoms with Crippen LogP contribution < -0.4 is 0 Å². The summed E-state index contributed by atoms with van der Waals surface area (Å²) in [7, 11) is 0. The minimum atomic E-state index is -0.272. The van der Waals surface area contributed by atoms with Crippen LogP contribution in [0.3, 0.4) is 0 Å². The molecule has 2 rings (SSSR count). The molecule has 0 radical (unpaired) electrons. The molecule has 1 N–H and O–H groups in total. The first-order chi connectivity index (χ1) is 9.49. The second-order valence-corrected chi connectivity index (χ2v) is 5.25. The topological polar surface area (TPSA) is 37.3 Å². The number of phenolic OH excluding ortho intramolecular Hbond substituents is 1. The molecule has 0 unspecified atom stereocenters. The fraction of sp³-hybridized carbons (Fsp3) is 0. The molecule has 2 nitrogen and oxygen atoms in total. The maximum absolute atomic E-state index is 12.0.